The van der Waals surface area contributed by atoms with Crippen LogP contribution in [-0.4, -0.2) is 34.1 Å². The van der Waals surface area contributed by atoms with Crippen LogP contribution in [-0.2, 0) is 4.74 Å². The van der Waals surface area contributed by atoms with Crippen LogP contribution in [0.25, 0.3) is 0 Å². The topological polar surface area (TPSA) is 102 Å². The van der Waals surface area contributed by atoms with Crippen LogP contribution in [0.15, 0.2) is 35.1 Å². The number of hydrogen-bond donors (Lipinski definition) is 2. The third-order valence-corrected chi connectivity index (χ3v) is 4.16. The van der Waals surface area contributed by atoms with Gasteiger partial charge in [-0.3, -0.25) is 10.1 Å². The van der Waals surface area contributed by atoms with E-state index in [1.165, 1.54) is 6.33 Å². The Balaban J connectivity index is 1.81. The number of anilines is 3. The zero-order valence-corrected chi connectivity index (χ0v) is 14.3. The Bertz CT molecular complexity index is 720. The van der Waals surface area contributed by atoms with Crippen molar-refractivity contribution in [2.45, 2.75) is 18.9 Å². The molecule has 1 atom stereocenters. The number of aromatic nitrogens is 2. The van der Waals surface area contributed by atoms with E-state index in [9.17, 15) is 10.1 Å². The highest BCUT2D eigenvalue weighted by molar-refractivity contribution is 9.10. The summed E-state index contributed by atoms with van der Waals surface area (Å²) in [5.41, 5.74) is 0.517. The molecule has 2 N–H and O–H groups in total. The SMILES string of the molecule is O=[N+]([O-])c1c(NCC2CCCO2)ncnc1Nc1ccc(Br)cc1. The van der Waals surface area contributed by atoms with Crippen molar-refractivity contribution in [1.82, 2.24) is 9.97 Å². The summed E-state index contributed by atoms with van der Waals surface area (Å²) in [5, 5.41) is 17.5. The molecule has 9 heteroatoms. The molecule has 2 aromatic rings. The minimum Gasteiger partial charge on any atom is -0.376 e. The van der Waals surface area contributed by atoms with E-state index in [4.69, 9.17) is 4.74 Å². The largest absolute Gasteiger partial charge is 0.376 e. The number of halogens is 1. The van der Waals surface area contributed by atoms with Crippen LogP contribution >= 0.6 is 15.9 Å². The normalized spacial score (nSPS) is 16.8. The zero-order chi connectivity index (χ0) is 16.9. The van der Waals surface area contributed by atoms with Gasteiger partial charge in [0.15, 0.2) is 0 Å². The lowest BCUT2D eigenvalue weighted by Gasteiger charge is -2.13. The van der Waals surface area contributed by atoms with Gasteiger partial charge >= 0.3 is 5.69 Å². The first-order chi connectivity index (χ1) is 11.6. The molecule has 1 unspecified atom stereocenters. The van der Waals surface area contributed by atoms with Crippen LogP contribution in [0.4, 0.5) is 23.0 Å². The van der Waals surface area contributed by atoms with Crippen molar-refractivity contribution < 1.29 is 9.66 Å². The van der Waals surface area contributed by atoms with Crippen molar-refractivity contribution in [2.75, 3.05) is 23.8 Å². The monoisotopic (exact) mass is 393 g/mol. The minimum atomic E-state index is -0.487. The van der Waals surface area contributed by atoms with Gasteiger partial charge in [0.25, 0.3) is 0 Å². The van der Waals surface area contributed by atoms with Gasteiger partial charge in [0.1, 0.15) is 6.33 Å². The number of nitro groups is 1. The van der Waals surface area contributed by atoms with Gasteiger partial charge in [-0.05, 0) is 37.1 Å². The van der Waals surface area contributed by atoms with E-state index >= 15 is 0 Å². The van der Waals surface area contributed by atoms with Crippen molar-refractivity contribution in [3.63, 3.8) is 0 Å². The van der Waals surface area contributed by atoms with Crippen molar-refractivity contribution in [2.24, 2.45) is 0 Å². The average molecular weight is 394 g/mol. The molecular formula is C15H16BrN5O3. The Hall–Kier alpha value is -2.26. The number of nitrogens with one attached hydrogen (secondary N) is 2. The highest BCUT2D eigenvalue weighted by Gasteiger charge is 2.24. The molecule has 1 aliphatic rings. The molecule has 0 spiro atoms. The zero-order valence-electron chi connectivity index (χ0n) is 12.7. The molecule has 2 heterocycles. The lowest BCUT2D eigenvalue weighted by Crippen LogP contribution is -2.20. The van der Waals surface area contributed by atoms with Gasteiger partial charge in [-0.25, -0.2) is 9.97 Å². The van der Waals surface area contributed by atoms with Crippen molar-refractivity contribution in [3.8, 4) is 0 Å². The predicted octanol–water partition coefficient (Wildman–Crippen LogP) is 3.48. The van der Waals surface area contributed by atoms with Gasteiger partial charge in [-0.2, -0.15) is 0 Å². The molecule has 0 radical (unpaired) electrons. The summed E-state index contributed by atoms with van der Waals surface area (Å²) < 4.78 is 6.44. The van der Waals surface area contributed by atoms with Crippen LogP contribution in [0.5, 0.6) is 0 Å². The van der Waals surface area contributed by atoms with Crippen LogP contribution in [0.1, 0.15) is 12.8 Å². The Kier molecular flexibility index (Phi) is 5.21. The summed E-state index contributed by atoms with van der Waals surface area (Å²) >= 11 is 3.35. The molecule has 3 rings (SSSR count). The van der Waals surface area contributed by atoms with Crippen molar-refractivity contribution in [3.05, 3.63) is 45.2 Å². The van der Waals surface area contributed by atoms with E-state index in [0.717, 1.165) is 23.9 Å². The summed E-state index contributed by atoms with van der Waals surface area (Å²) in [5.74, 6) is 0.331. The first-order valence-corrected chi connectivity index (χ1v) is 8.30. The first kappa shape index (κ1) is 16.6. The van der Waals surface area contributed by atoms with Gasteiger partial charge in [-0.15, -0.1) is 0 Å². The quantitative estimate of drug-likeness (QED) is 0.571. The Morgan fingerprint density at radius 2 is 2.04 bits per heavy atom. The Labute approximate surface area is 146 Å². The maximum atomic E-state index is 11.5. The molecule has 0 aliphatic carbocycles. The van der Waals surface area contributed by atoms with Gasteiger partial charge in [-0.1, -0.05) is 15.9 Å². The van der Waals surface area contributed by atoms with Crippen LogP contribution in [0.3, 0.4) is 0 Å². The van der Waals surface area contributed by atoms with E-state index in [-0.39, 0.29) is 23.4 Å². The molecule has 1 aliphatic heterocycles. The number of benzene rings is 1. The van der Waals surface area contributed by atoms with E-state index < -0.39 is 4.92 Å². The third-order valence-electron chi connectivity index (χ3n) is 3.63. The minimum absolute atomic E-state index is 0.0578. The van der Waals surface area contributed by atoms with Gasteiger partial charge < -0.3 is 15.4 Å². The second-order valence-corrected chi connectivity index (χ2v) is 6.24. The third kappa shape index (κ3) is 3.98. The van der Waals surface area contributed by atoms with E-state index in [0.29, 0.717) is 12.2 Å². The second kappa shape index (κ2) is 7.54. The van der Waals surface area contributed by atoms with Gasteiger partial charge in [0.2, 0.25) is 11.6 Å². The highest BCUT2D eigenvalue weighted by atomic mass is 79.9. The molecule has 1 aromatic heterocycles. The molecule has 126 valence electrons. The van der Waals surface area contributed by atoms with Crippen molar-refractivity contribution >= 4 is 38.9 Å². The Morgan fingerprint density at radius 3 is 2.71 bits per heavy atom. The fourth-order valence-electron chi connectivity index (χ4n) is 2.46. The summed E-state index contributed by atoms with van der Waals surface area (Å²) in [7, 11) is 0. The highest BCUT2D eigenvalue weighted by Crippen LogP contribution is 2.31. The van der Waals surface area contributed by atoms with E-state index in [2.05, 4.69) is 36.5 Å². The van der Waals surface area contributed by atoms with Crippen LogP contribution in [0, 0.1) is 10.1 Å². The fourth-order valence-corrected chi connectivity index (χ4v) is 2.72. The molecule has 8 nitrogen and oxygen atoms in total. The fraction of sp³-hybridized carbons (Fsp3) is 0.333. The number of ether oxygens (including phenoxy) is 1. The van der Waals surface area contributed by atoms with Gasteiger partial charge in [0, 0.05) is 23.3 Å². The molecule has 0 amide bonds. The van der Waals surface area contributed by atoms with Crippen LogP contribution in [0.2, 0.25) is 0 Å². The average Bonchev–Trinajstić information content (AvgIpc) is 3.08. The standard InChI is InChI=1S/C15H16BrN5O3/c16-10-3-5-11(6-4-10)20-15-13(21(22)23)14(18-9-19-15)17-8-12-2-1-7-24-12/h3-6,9,12H,1-2,7-8H2,(H2,17,18,19,20). The molecule has 0 saturated carbocycles. The molecular weight excluding hydrogens is 378 g/mol. The lowest BCUT2D eigenvalue weighted by atomic mass is 10.2. The maximum Gasteiger partial charge on any atom is 0.353 e. The van der Waals surface area contributed by atoms with E-state index in [1.807, 2.05) is 12.1 Å². The van der Waals surface area contributed by atoms with Crippen LogP contribution < -0.4 is 10.6 Å². The molecule has 0 bridgehead atoms. The first-order valence-electron chi connectivity index (χ1n) is 7.51. The molecule has 1 fully saturated rings. The molecule has 1 aromatic carbocycles. The summed E-state index contributed by atoms with van der Waals surface area (Å²) in [6.45, 7) is 1.21. The molecule has 24 heavy (non-hydrogen) atoms. The summed E-state index contributed by atoms with van der Waals surface area (Å²) in [6.07, 6.45) is 3.30. The van der Waals surface area contributed by atoms with E-state index in [1.54, 1.807) is 12.1 Å². The lowest BCUT2D eigenvalue weighted by molar-refractivity contribution is -0.383. The number of rotatable bonds is 6. The summed E-state index contributed by atoms with van der Waals surface area (Å²) in [4.78, 5) is 19.0. The second-order valence-electron chi connectivity index (χ2n) is 5.32. The predicted molar refractivity (Wildman–Crippen MR) is 93.6 cm³/mol. The number of hydrogen-bond acceptors (Lipinski definition) is 7. The van der Waals surface area contributed by atoms with Crippen molar-refractivity contribution in [1.29, 1.82) is 0 Å². The Morgan fingerprint density at radius 1 is 1.29 bits per heavy atom. The maximum absolute atomic E-state index is 11.5. The molecule has 1 saturated heterocycles. The number of nitrogens with zero attached hydrogens (tertiary/aromatic N) is 3. The summed E-state index contributed by atoms with van der Waals surface area (Å²) in [6, 6.07) is 7.28. The smallest absolute Gasteiger partial charge is 0.353 e. The van der Waals surface area contributed by atoms with Gasteiger partial charge in [0.05, 0.1) is 11.0 Å².